The molecule has 0 aliphatic heterocycles. The molecule has 1 N–H and O–H groups in total. The van der Waals surface area contributed by atoms with E-state index in [1.165, 1.54) is 17.1 Å². The molecule has 2 aromatic heterocycles. The van der Waals surface area contributed by atoms with Gasteiger partial charge in [-0.05, 0) is 6.07 Å². The Hall–Kier alpha value is -3.47. The van der Waals surface area contributed by atoms with Gasteiger partial charge in [-0.2, -0.15) is 0 Å². The predicted molar refractivity (Wildman–Crippen MR) is 90.8 cm³/mol. The summed E-state index contributed by atoms with van der Waals surface area (Å²) in [4.78, 5) is 21.3. The van der Waals surface area contributed by atoms with Gasteiger partial charge in [0.2, 0.25) is 0 Å². The third kappa shape index (κ3) is 2.23. The van der Waals surface area contributed by atoms with Crippen LogP contribution in [0.2, 0.25) is 0 Å². The molecule has 4 rings (SSSR count). The zero-order valence-corrected chi connectivity index (χ0v) is 12.6. The van der Waals surface area contributed by atoms with Crippen LogP contribution in [0.25, 0.3) is 22.2 Å². The first-order chi connectivity index (χ1) is 11.8. The molecule has 4 aromatic rings. The summed E-state index contributed by atoms with van der Waals surface area (Å²) in [5.41, 5.74) is 2.01. The number of fused-ring (bicyclic) bond motifs is 1. The van der Waals surface area contributed by atoms with Crippen LogP contribution in [0.5, 0.6) is 5.75 Å². The van der Waals surface area contributed by atoms with E-state index in [0.29, 0.717) is 16.6 Å². The van der Waals surface area contributed by atoms with Gasteiger partial charge >= 0.3 is 0 Å². The Morgan fingerprint density at radius 3 is 2.50 bits per heavy atom. The van der Waals surface area contributed by atoms with Gasteiger partial charge in [0.05, 0.1) is 11.1 Å². The largest absolute Gasteiger partial charge is 0.505 e. The maximum absolute atomic E-state index is 12.9. The molecule has 0 fully saturated rings. The van der Waals surface area contributed by atoms with Crippen molar-refractivity contribution >= 4 is 16.8 Å². The van der Waals surface area contributed by atoms with Crippen LogP contribution in [0, 0.1) is 0 Å². The molecule has 0 atom stereocenters. The smallest absolute Gasteiger partial charge is 0.267 e. The van der Waals surface area contributed by atoms with Crippen LogP contribution in [0.4, 0.5) is 0 Å². The quantitative estimate of drug-likeness (QED) is 0.615. The van der Waals surface area contributed by atoms with Crippen molar-refractivity contribution in [3.05, 3.63) is 78.9 Å². The van der Waals surface area contributed by atoms with Crippen molar-refractivity contribution in [2.45, 2.75) is 0 Å². The fourth-order valence-corrected chi connectivity index (χ4v) is 2.72. The number of para-hydroxylation sites is 1. The second-order valence-electron chi connectivity index (χ2n) is 5.34. The molecule has 2 aromatic carbocycles. The van der Waals surface area contributed by atoms with Crippen LogP contribution >= 0.6 is 0 Å². The second-order valence-corrected chi connectivity index (χ2v) is 5.34. The van der Waals surface area contributed by atoms with Gasteiger partial charge in [-0.25, -0.2) is 9.97 Å². The minimum absolute atomic E-state index is 0.126. The second kappa shape index (κ2) is 5.62. The summed E-state index contributed by atoms with van der Waals surface area (Å²) < 4.78 is 1.34. The van der Waals surface area contributed by atoms with E-state index < -0.39 is 0 Å². The van der Waals surface area contributed by atoms with Crippen molar-refractivity contribution in [1.82, 2.24) is 14.5 Å². The normalized spacial score (nSPS) is 10.8. The maximum Gasteiger partial charge on any atom is 0.267 e. The number of hydrogen-bond donors (Lipinski definition) is 1. The average molecular weight is 315 g/mol. The number of imidazole rings is 1. The number of nitrogens with zero attached hydrogens (tertiary/aromatic N) is 3. The molecule has 2 heterocycles. The lowest BCUT2D eigenvalue weighted by molar-refractivity contribution is 0.0959. The fraction of sp³-hybridized carbons (Fsp3) is 0. The van der Waals surface area contributed by atoms with Gasteiger partial charge in [0, 0.05) is 23.3 Å². The first-order valence-electron chi connectivity index (χ1n) is 7.45. The average Bonchev–Trinajstić information content (AvgIpc) is 3.16. The highest BCUT2D eigenvalue weighted by molar-refractivity contribution is 6.11. The van der Waals surface area contributed by atoms with Crippen LogP contribution in [0.3, 0.4) is 0 Å². The summed E-state index contributed by atoms with van der Waals surface area (Å²) in [6, 6.07) is 16.6. The van der Waals surface area contributed by atoms with Crippen molar-refractivity contribution in [2.24, 2.45) is 0 Å². The van der Waals surface area contributed by atoms with Gasteiger partial charge in [0.15, 0.2) is 5.75 Å². The number of aromatic nitrogens is 3. The Kier molecular flexibility index (Phi) is 3.31. The molecule has 0 aliphatic rings. The molecule has 5 heteroatoms. The summed E-state index contributed by atoms with van der Waals surface area (Å²) in [6.07, 6.45) is 4.49. The lowest BCUT2D eigenvalue weighted by Gasteiger charge is -2.12. The standard InChI is InChI=1S/C19H13N3O2/c23-18-16(19(24)22-11-10-20-12-22)14-8-4-5-9-15(14)21-17(18)13-6-2-1-3-7-13/h1-12,23H. The third-order valence-corrected chi connectivity index (χ3v) is 3.87. The van der Waals surface area contributed by atoms with E-state index in [2.05, 4.69) is 9.97 Å². The molecule has 5 nitrogen and oxygen atoms in total. The van der Waals surface area contributed by atoms with Crippen molar-refractivity contribution in [2.75, 3.05) is 0 Å². The Bertz CT molecular complexity index is 1030. The predicted octanol–water partition coefficient (Wildman–Crippen LogP) is 3.49. The number of benzene rings is 2. The number of hydrogen-bond acceptors (Lipinski definition) is 4. The Morgan fingerprint density at radius 1 is 1.00 bits per heavy atom. The molecule has 0 amide bonds. The first-order valence-corrected chi connectivity index (χ1v) is 7.45. The molecule has 24 heavy (non-hydrogen) atoms. The maximum atomic E-state index is 12.9. The third-order valence-electron chi connectivity index (χ3n) is 3.87. The van der Waals surface area contributed by atoms with Gasteiger partial charge in [-0.15, -0.1) is 0 Å². The van der Waals surface area contributed by atoms with E-state index in [0.717, 1.165) is 5.56 Å². The van der Waals surface area contributed by atoms with Gasteiger partial charge < -0.3 is 5.11 Å². The summed E-state index contributed by atoms with van der Waals surface area (Å²) in [5, 5.41) is 11.4. The van der Waals surface area contributed by atoms with Gasteiger partial charge in [-0.3, -0.25) is 9.36 Å². The highest BCUT2D eigenvalue weighted by Crippen LogP contribution is 2.35. The van der Waals surface area contributed by atoms with Crippen molar-refractivity contribution in [3.8, 4) is 17.0 Å². The number of aromatic hydroxyl groups is 1. The molecule has 0 bridgehead atoms. The molecule has 0 aliphatic carbocycles. The van der Waals surface area contributed by atoms with Crippen molar-refractivity contribution in [1.29, 1.82) is 0 Å². The molecule has 0 saturated carbocycles. The van der Waals surface area contributed by atoms with Crippen molar-refractivity contribution in [3.63, 3.8) is 0 Å². The van der Waals surface area contributed by atoms with Gasteiger partial charge in [0.25, 0.3) is 5.91 Å². The highest BCUT2D eigenvalue weighted by Gasteiger charge is 2.22. The van der Waals surface area contributed by atoms with E-state index >= 15 is 0 Å². The minimum atomic E-state index is -0.346. The lowest BCUT2D eigenvalue weighted by atomic mass is 10.0. The van der Waals surface area contributed by atoms with Crippen LogP contribution in [-0.2, 0) is 0 Å². The molecule has 0 saturated heterocycles. The number of rotatable bonds is 2. The monoisotopic (exact) mass is 315 g/mol. The number of pyridine rings is 1. The molecule has 0 radical (unpaired) electrons. The Labute approximate surface area is 137 Å². The molecule has 0 spiro atoms. The fourth-order valence-electron chi connectivity index (χ4n) is 2.72. The topological polar surface area (TPSA) is 68.0 Å². The van der Waals surface area contributed by atoms with E-state index in [-0.39, 0.29) is 17.2 Å². The number of carbonyl (C=O) groups excluding carboxylic acids is 1. The zero-order chi connectivity index (χ0) is 16.5. The van der Waals surface area contributed by atoms with Gasteiger partial charge in [0.1, 0.15) is 12.0 Å². The van der Waals surface area contributed by atoms with Gasteiger partial charge in [-0.1, -0.05) is 48.5 Å². The van der Waals surface area contributed by atoms with Crippen LogP contribution in [0.1, 0.15) is 10.4 Å². The van der Waals surface area contributed by atoms with Crippen LogP contribution < -0.4 is 0 Å². The molecular weight excluding hydrogens is 302 g/mol. The first kappa shape index (κ1) is 14.1. The van der Waals surface area contributed by atoms with Crippen LogP contribution in [0.15, 0.2) is 73.3 Å². The number of carbonyl (C=O) groups is 1. The molecule has 116 valence electrons. The molecule has 0 unspecified atom stereocenters. The summed E-state index contributed by atoms with van der Waals surface area (Å²) in [7, 11) is 0. The lowest BCUT2D eigenvalue weighted by Crippen LogP contribution is -2.11. The van der Waals surface area contributed by atoms with Crippen LogP contribution in [-0.4, -0.2) is 25.5 Å². The summed E-state index contributed by atoms with van der Waals surface area (Å²) in [5.74, 6) is -0.473. The SMILES string of the molecule is O=C(c1c(O)c(-c2ccccc2)nc2ccccc12)n1ccnc1. The van der Waals surface area contributed by atoms with E-state index in [1.54, 1.807) is 12.3 Å². The van der Waals surface area contributed by atoms with Crippen molar-refractivity contribution < 1.29 is 9.90 Å². The zero-order valence-electron chi connectivity index (χ0n) is 12.6. The van der Waals surface area contributed by atoms with E-state index in [1.807, 2.05) is 48.5 Å². The minimum Gasteiger partial charge on any atom is -0.505 e. The summed E-state index contributed by atoms with van der Waals surface area (Å²) >= 11 is 0. The van der Waals surface area contributed by atoms with E-state index in [4.69, 9.17) is 0 Å². The Morgan fingerprint density at radius 2 is 1.75 bits per heavy atom. The summed E-state index contributed by atoms with van der Waals surface area (Å²) in [6.45, 7) is 0. The Balaban J connectivity index is 2.04. The highest BCUT2D eigenvalue weighted by atomic mass is 16.3. The van der Waals surface area contributed by atoms with E-state index in [9.17, 15) is 9.90 Å². The molecular formula is C19H13N3O2.